The first-order chi connectivity index (χ1) is 7.93. The summed E-state index contributed by atoms with van der Waals surface area (Å²) in [6.07, 6.45) is 4.22. The Bertz CT molecular complexity index is 266. The molecule has 0 bridgehead atoms. The van der Waals surface area contributed by atoms with Gasteiger partial charge in [0.15, 0.2) is 0 Å². The van der Waals surface area contributed by atoms with Crippen LogP contribution in [0.2, 0.25) is 0 Å². The third-order valence-electron chi connectivity index (χ3n) is 3.78. The van der Waals surface area contributed by atoms with Crippen LogP contribution in [-0.2, 0) is 0 Å². The first kappa shape index (κ1) is 16.2. The van der Waals surface area contributed by atoms with Crippen molar-refractivity contribution in [1.82, 2.24) is 4.90 Å². The van der Waals surface area contributed by atoms with Crippen LogP contribution in [0.15, 0.2) is 11.1 Å². The molecule has 1 atom stereocenters. The molecule has 1 N–H and O–H groups in total. The molecule has 17 heavy (non-hydrogen) atoms. The summed E-state index contributed by atoms with van der Waals surface area (Å²) >= 11 is 0. The lowest BCUT2D eigenvalue weighted by atomic mass is 9.93. The molecule has 0 aromatic rings. The molecule has 2 nitrogen and oxygen atoms in total. The van der Waals surface area contributed by atoms with E-state index in [2.05, 4.69) is 39.5 Å². The van der Waals surface area contributed by atoms with Crippen molar-refractivity contribution in [3.05, 3.63) is 11.1 Å². The molecule has 0 rings (SSSR count). The van der Waals surface area contributed by atoms with Gasteiger partial charge in [-0.1, -0.05) is 31.9 Å². The molecule has 0 spiro atoms. The number of allylic oxidation sites excluding steroid dienone is 2. The second-order valence-electron chi connectivity index (χ2n) is 5.14. The molecule has 0 aromatic heterocycles. The van der Waals surface area contributed by atoms with Gasteiger partial charge < -0.3 is 4.90 Å². The molecular formula is C15H30N2. The van der Waals surface area contributed by atoms with E-state index in [1.54, 1.807) is 0 Å². The highest BCUT2D eigenvalue weighted by atomic mass is 15.1. The maximum absolute atomic E-state index is 7.99. The summed E-state index contributed by atoms with van der Waals surface area (Å²) in [5.41, 5.74) is 2.98. The van der Waals surface area contributed by atoms with Gasteiger partial charge in [0.05, 0.1) is 5.84 Å². The average molecular weight is 238 g/mol. The lowest BCUT2D eigenvalue weighted by Gasteiger charge is -2.20. The summed E-state index contributed by atoms with van der Waals surface area (Å²) in [4.78, 5) is 2.06. The Morgan fingerprint density at radius 1 is 1.18 bits per heavy atom. The fourth-order valence-corrected chi connectivity index (χ4v) is 1.89. The fourth-order valence-electron chi connectivity index (χ4n) is 1.89. The van der Waals surface area contributed by atoms with Crippen molar-refractivity contribution in [1.29, 1.82) is 5.41 Å². The number of nitrogens with zero attached hydrogens (tertiary/aromatic N) is 1. The van der Waals surface area contributed by atoms with Crippen LogP contribution in [0.1, 0.15) is 60.3 Å². The van der Waals surface area contributed by atoms with Crippen LogP contribution in [0.4, 0.5) is 0 Å². The first-order valence-corrected chi connectivity index (χ1v) is 6.88. The fraction of sp³-hybridized carbons (Fsp3) is 0.800. The minimum atomic E-state index is 0.678. The van der Waals surface area contributed by atoms with Crippen LogP contribution in [0.25, 0.3) is 0 Å². The minimum Gasteiger partial charge on any atom is -0.364 e. The van der Waals surface area contributed by atoms with Crippen molar-refractivity contribution in [2.75, 3.05) is 13.6 Å². The summed E-state index contributed by atoms with van der Waals surface area (Å²) in [7, 11) is 2.02. The van der Waals surface area contributed by atoms with E-state index >= 15 is 0 Å². The predicted octanol–water partition coefficient (Wildman–Crippen LogP) is 4.47. The van der Waals surface area contributed by atoms with Crippen molar-refractivity contribution in [3.63, 3.8) is 0 Å². The molecule has 0 aliphatic rings. The van der Waals surface area contributed by atoms with Crippen molar-refractivity contribution < 1.29 is 0 Å². The van der Waals surface area contributed by atoms with Gasteiger partial charge in [0, 0.05) is 20.0 Å². The molecule has 0 fully saturated rings. The zero-order chi connectivity index (χ0) is 13.4. The highest BCUT2D eigenvalue weighted by molar-refractivity contribution is 5.79. The molecule has 0 aliphatic heterocycles. The van der Waals surface area contributed by atoms with Crippen LogP contribution < -0.4 is 0 Å². The second kappa shape index (κ2) is 8.32. The lowest BCUT2D eigenvalue weighted by molar-refractivity contribution is 0.485. The standard InChI is InChI=1S/C15H30N2/c1-7-11-17(6)15(16)10-9-13(4)14(5)12(3)8-2/h12,16H,7-11H2,1-6H3. The molecule has 0 aromatic carbocycles. The quantitative estimate of drug-likeness (QED) is 0.395. The largest absolute Gasteiger partial charge is 0.364 e. The Balaban J connectivity index is 4.23. The van der Waals surface area contributed by atoms with E-state index in [4.69, 9.17) is 5.41 Å². The van der Waals surface area contributed by atoms with E-state index in [0.29, 0.717) is 5.92 Å². The number of amidine groups is 1. The zero-order valence-electron chi connectivity index (χ0n) is 12.6. The Morgan fingerprint density at radius 2 is 1.76 bits per heavy atom. The van der Waals surface area contributed by atoms with Gasteiger partial charge in [0.2, 0.25) is 0 Å². The van der Waals surface area contributed by atoms with Crippen molar-refractivity contribution in [3.8, 4) is 0 Å². The highest BCUT2D eigenvalue weighted by Gasteiger charge is 2.07. The predicted molar refractivity (Wildman–Crippen MR) is 77.7 cm³/mol. The highest BCUT2D eigenvalue weighted by Crippen LogP contribution is 2.20. The average Bonchev–Trinajstić information content (AvgIpc) is 2.33. The van der Waals surface area contributed by atoms with E-state index in [1.165, 1.54) is 17.6 Å². The smallest absolute Gasteiger partial charge is 0.0958 e. The van der Waals surface area contributed by atoms with Crippen LogP contribution >= 0.6 is 0 Å². The zero-order valence-corrected chi connectivity index (χ0v) is 12.6. The molecule has 1 unspecified atom stereocenters. The maximum Gasteiger partial charge on any atom is 0.0958 e. The van der Waals surface area contributed by atoms with Gasteiger partial charge in [-0.15, -0.1) is 0 Å². The number of rotatable bonds is 7. The molecule has 0 radical (unpaired) electrons. The van der Waals surface area contributed by atoms with Gasteiger partial charge >= 0.3 is 0 Å². The van der Waals surface area contributed by atoms with E-state index in [-0.39, 0.29) is 0 Å². The summed E-state index contributed by atoms with van der Waals surface area (Å²) in [6.45, 7) is 12.1. The molecule has 0 amide bonds. The molecule has 2 heteroatoms. The molecule has 0 heterocycles. The van der Waals surface area contributed by atoms with Crippen molar-refractivity contribution in [2.45, 2.75) is 60.3 Å². The Labute approximate surface area is 108 Å². The Hall–Kier alpha value is -0.790. The SMILES string of the molecule is CCCN(C)C(=N)CCC(C)=C(C)C(C)CC. The molecule has 0 saturated heterocycles. The monoisotopic (exact) mass is 238 g/mol. The van der Waals surface area contributed by atoms with Crippen LogP contribution in [0, 0.1) is 11.3 Å². The second-order valence-corrected chi connectivity index (χ2v) is 5.14. The van der Waals surface area contributed by atoms with Crippen LogP contribution in [0.3, 0.4) is 0 Å². The third-order valence-corrected chi connectivity index (χ3v) is 3.78. The normalized spacial score (nSPS) is 14.2. The first-order valence-electron chi connectivity index (χ1n) is 6.88. The summed E-state index contributed by atoms with van der Waals surface area (Å²) < 4.78 is 0. The van der Waals surface area contributed by atoms with Crippen LogP contribution in [-0.4, -0.2) is 24.3 Å². The van der Waals surface area contributed by atoms with E-state index in [1.807, 2.05) is 7.05 Å². The summed E-state index contributed by atoms with van der Waals surface area (Å²) in [6, 6.07) is 0. The van der Waals surface area contributed by atoms with Gasteiger partial charge in [0.1, 0.15) is 0 Å². The molecule has 0 saturated carbocycles. The number of nitrogens with one attached hydrogen (secondary N) is 1. The molecular weight excluding hydrogens is 208 g/mol. The van der Waals surface area contributed by atoms with E-state index in [0.717, 1.165) is 31.6 Å². The third kappa shape index (κ3) is 5.90. The Morgan fingerprint density at radius 3 is 2.24 bits per heavy atom. The molecule has 100 valence electrons. The number of hydrogen-bond donors (Lipinski definition) is 1. The maximum atomic E-state index is 7.99. The van der Waals surface area contributed by atoms with Gasteiger partial charge in [-0.25, -0.2) is 0 Å². The Kier molecular flexibility index (Phi) is 7.94. The van der Waals surface area contributed by atoms with Gasteiger partial charge in [-0.05, 0) is 39.0 Å². The van der Waals surface area contributed by atoms with Crippen LogP contribution in [0.5, 0.6) is 0 Å². The minimum absolute atomic E-state index is 0.678. The number of hydrogen-bond acceptors (Lipinski definition) is 1. The van der Waals surface area contributed by atoms with Crippen molar-refractivity contribution in [2.24, 2.45) is 5.92 Å². The van der Waals surface area contributed by atoms with E-state index < -0.39 is 0 Å². The van der Waals surface area contributed by atoms with Gasteiger partial charge in [0.25, 0.3) is 0 Å². The summed E-state index contributed by atoms with van der Waals surface area (Å²) in [5, 5.41) is 7.99. The van der Waals surface area contributed by atoms with E-state index in [9.17, 15) is 0 Å². The van der Waals surface area contributed by atoms with Gasteiger partial charge in [-0.2, -0.15) is 0 Å². The lowest BCUT2D eigenvalue weighted by Crippen LogP contribution is -2.26. The summed E-state index contributed by atoms with van der Waals surface area (Å²) in [5.74, 6) is 1.45. The topological polar surface area (TPSA) is 27.1 Å². The van der Waals surface area contributed by atoms with Crippen molar-refractivity contribution >= 4 is 5.84 Å². The van der Waals surface area contributed by atoms with Gasteiger partial charge in [-0.3, -0.25) is 5.41 Å². The molecule has 0 aliphatic carbocycles.